The van der Waals surface area contributed by atoms with E-state index in [0.29, 0.717) is 12.5 Å². The van der Waals surface area contributed by atoms with Gasteiger partial charge in [-0.15, -0.1) is 0 Å². The molecule has 0 unspecified atom stereocenters. The van der Waals surface area contributed by atoms with Crippen molar-refractivity contribution in [2.24, 2.45) is 5.10 Å². The van der Waals surface area contributed by atoms with Crippen LogP contribution in [-0.4, -0.2) is 35.7 Å². The first-order valence-corrected chi connectivity index (χ1v) is 9.71. The summed E-state index contributed by atoms with van der Waals surface area (Å²) in [6.45, 7) is 8.83. The molecule has 0 spiro atoms. The Bertz CT molecular complexity index is 343. The monoisotopic (exact) mass is 323 g/mol. The molecule has 134 valence electrons. The molecule has 4 heteroatoms. The molecule has 0 aromatic carbocycles. The number of carbonyl (C=O) groups excluding carboxylic acids is 1. The smallest absolute Gasteiger partial charge is 0.240 e. The number of piperidine rings is 1. The number of nitrogens with one attached hydrogen (secondary N) is 1. The van der Waals surface area contributed by atoms with Gasteiger partial charge in [0, 0.05) is 44.1 Å². The number of carbonyl (C=O) groups is 1. The van der Waals surface area contributed by atoms with Crippen LogP contribution in [-0.2, 0) is 4.79 Å². The molecule has 1 amide bonds. The number of nitrogens with zero attached hydrogens (tertiary/aromatic N) is 2. The summed E-state index contributed by atoms with van der Waals surface area (Å²) in [5.74, 6) is 0.0785. The lowest BCUT2D eigenvalue weighted by molar-refractivity contribution is -0.121. The van der Waals surface area contributed by atoms with Crippen LogP contribution < -0.4 is 5.43 Å². The van der Waals surface area contributed by atoms with Gasteiger partial charge in [-0.25, -0.2) is 5.43 Å². The maximum Gasteiger partial charge on any atom is 0.240 e. The standard InChI is InChI=1S/C19H37N3O/c1-4-5-6-7-8-9-10-11-12-19(23)21-20-18-13-15-22(16-14-18)17(2)3/h17H,4-16H2,1-3H3,(H,21,23). The number of amides is 1. The Balaban J connectivity index is 2.01. The van der Waals surface area contributed by atoms with Gasteiger partial charge in [0.2, 0.25) is 5.91 Å². The summed E-state index contributed by atoms with van der Waals surface area (Å²) >= 11 is 0. The molecule has 0 bridgehead atoms. The lowest BCUT2D eigenvalue weighted by Crippen LogP contribution is -2.39. The number of likely N-dealkylation sites (tertiary alicyclic amines) is 1. The van der Waals surface area contributed by atoms with Crippen molar-refractivity contribution in [3.05, 3.63) is 0 Å². The van der Waals surface area contributed by atoms with E-state index in [9.17, 15) is 4.79 Å². The fourth-order valence-electron chi connectivity index (χ4n) is 3.03. The van der Waals surface area contributed by atoms with Crippen LogP contribution in [0.15, 0.2) is 5.10 Å². The van der Waals surface area contributed by atoms with Gasteiger partial charge in [0.05, 0.1) is 0 Å². The minimum absolute atomic E-state index is 0.0785. The maximum absolute atomic E-state index is 11.8. The van der Waals surface area contributed by atoms with Crippen LogP contribution in [0.3, 0.4) is 0 Å². The lowest BCUT2D eigenvalue weighted by Gasteiger charge is -2.30. The predicted octanol–water partition coefficient (Wildman–Crippen LogP) is 4.49. The minimum atomic E-state index is 0.0785. The van der Waals surface area contributed by atoms with Crippen LogP contribution in [0.4, 0.5) is 0 Å². The zero-order chi connectivity index (χ0) is 16.9. The first-order chi connectivity index (χ1) is 11.1. The molecule has 1 N–H and O–H groups in total. The Morgan fingerprint density at radius 3 is 2.17 bits per heavy atom. The number of hydrazone groups is 1. The number of rotatable bonds is 11. The van der Waals surface area contributed by atoms with E-state index in [0.717, 1.165) is 38.1 Å². The van der Waals surface area contributed by atoms with Crippen molar-refractivity contribution >= 4 is 11.6 Å². The molecule has 0 aromatic heterocycles. The van der Waals surface area contributed by atoms with Gasteiger partial charge < -0.3 is 4.90 Å². The molecule has 1 saturated heterocycles. The van der Waals surface area contributed by atoms with Crippen LogP contribution in [0.25, 0.3) is 0 Å². The summed E-state index contributed by atoms with van der Waals surface area (Å²) in [4.78, 5) is 14.3. The zero-order valence-electron chi connectivity index (χ0n) is 15.6. The van der Waals surface area contributed by atoms with Gasteiger partial charge in [0.15, 0.2) is 0 Å². The van der Waals surface area contributed by atoms with Crippen molar-refractivity contribution in [2.75, 3.05) is 13.1 Å². The van der Waals surface area contributed by atoms with Crippen molar-refractivity contribution in [1.29, 1.82) is 0 Å². The van der Waals surface area contributed by atoms with Gasteiger partial charge in [-0.1, -0.05) is 51.9 Å². The Morgan fingerprint density at radius 2 is 1.61 bits per heavy atom. The first-order valence-electron chi connectivity index (χ1n) is 9.71. The number of hydrogen-bond acceptors (Lipinski definition) is 3. The topological polar surface area (TPSA) is 44.7 Å². The molecule has 0 aliphatic carbocycles. The van der Waals surface area contributed by atoms with E-state index >= 15 is 0 Å². The van der Waals surface area contributed by atoms with Gasteiger partial charge in [0.25, 0.3) is 0 Å². The van der Waals surface area contributed by atoms with Gasteiger partial charge in [-0.2, -0.15) is 5.10 Å². The van der Waals surface area contributed by atoms with Crippen LogP contribution in [0.2, 0.25) is 0 Å². The van der Waals surface area contributed by atoms with Crippen molar-refractivity contribution in [1.82, 2.24) is 10.3 Å². The van der Waals surface area contributed by atoms with E-state index < -0.39 is 0 Å². The molecular weight excluding hydrogens is 286 g/mol. The van der Waals surface area contributed by atoms with Crippen molar-refractivity contribution in [2.45, 2.75) is 97.4 Å². The molecule has 1 aliphatic heterocycles. The Hall–Kier alpha value is -0.900. The zero-order valence-corrected chi connectivity index (χ0v) is 15.6. The average Bonchev–Trinajstić information content (AvgIpc) is 2.55. The predicted molar refractivity (Wildman–Crippen MR) is 98.7 cm³/mol. The highest BCUT2D eigenvalue weighted by molar-refractivity contribution is 5.87. The number of hydrogen-bond donors (Lipinski definition) is 1. The highest BCUT2D eigenvalue weighted by Gasteiger charge is 2.17. The van der Waals surface area contributed by atoms with E-state index in [4.69, 9.17) is 0 Å². The molecule has 0 saturated carbocycles. The Morgan fingerprint density at radius 1 is 1.04 bits per heavy atom. The summed E-state index contributed by atoms with van der Waals surface area (Å²) in [6.07, 6.45) is 12.7. The lowest BCUT2D eigenvalue weighted by atomic mass is 10.1. The van der Waals surface area contributed by atoms with Gasteiger partial charge in [-0.3, -0.25) is 4.79 Å². The summed E-state index contributed by atoms with van der Waals surface area (Å²) in [5.41, 5.74) is 3.89. The van der Waals surface area contributed by atoms with Gasteiger partial charge in [0.1, 0.15) is 0 Å². The largest absolute Gasteiger partial charge is 0.300 e. The van der Waals surface area contributed by atoms with Crippen molar-refractivity contribution in [3.63, 3.8) is 0 Å². The molecular formula is C19H37N3O. The third-order valence-corrected chi connectivity index (χ3v) is 4.70. The molecule has 0 radical (unpaired) electrons. The van der Waals surface area contributed by atoms with E-state index in [1.165, 1.54) is 44.9 Å². The van der Waals surface area contributed by atoms with E-state index in [1.54, 1.807) is 0 Å². The molecule has 23 heavy (non-hydrogen) atoms. The summed E-state index contributed by atoms with van der Waals surface area (Å²) in [6, 6.07) is 0.605. The molecule has 1 rings (SSSR count). The van der Waals surface area contributed by atoms with Crippen molar-refractivity contribution < 1.29 is 4.79 Å². The molecule has 1 fully saturated rings. The van der Waals surface area contributed by atoms with E-state index in [-0.39, 0.29) is 5.91 Å². The molecule has 1 heterocycles. The Kier molecular flexibility index (Phi) is 11.0. The molecule has 1 aliphatic rings. The second-order valence-corrected chi connectivity index (χ2v) is 7.07. The SMILES string of the molecule is CCCCCCCCCCC(=O)NN=C1CCN(C(C)C)CC1. The molecule has 0 aromatic rings. The fourth-order valence-corrected chi connectivity index (χ4v) is 3.03. The van der Waals surface area contributed by atoms with Crippen molar-refractivity contribution in [3.8, 4) is 0 Å². The third-order valence-electron chi connectivity index (χ3n) is 4.70. The van der Waals surface area contributed by atoms with Crippen LogP contribution in [0.5, 0.6) is 0 Å². The third kappa shape index (κ3) is 9.75. The first kappa shape index (κ1) is 20.1. The maximum atomic E-state index is 11.8. The Labute approximate surface area is 143 Å². The van der Waals surface area contributed by atoms with Crippen LogP contribution >= 0.6 is 0 Å². The quantitative estimate of drug-likeness (QED) is 0.449. The minimum Gasteiger partial charge on any atom is -0.300 e. The summed E-state index contributed by atoms with van der Waals surface area (Å²) in [5, 5.41) is 4.32. The van der Waals surface area contributed by atoms with Gasteiger partial charge in [-0.05, 0) is 20.3 Å². The molecule has 4 nitrogen and oxygen atoms in total. The number of unbranched alkanes of at least 4 members (excludes halogenated alkanes) is 7. The van der Waals surface area contributed by atoms with Gasteiger partial charge >= 0.3 is 0 Å². The highest BCUT2D eigenvalue weighted by Crippen LogP contribution is 2.11. The summed E-state index contributed by atoms with van der Waals surface area (Å²) < 4.78 is 0. The van der Waals surface area contributed by atoms with Crippen LogP contribution in [0.1, 0.15) is 91.4 Å². The summed E-state index contributed by atoms with van der Waals surface area (Å²) in [7, 11) is 0. The van der Waals surface area contributed by atoms with E-state index in [2.05, 4.69) is 36.2 Å². The normalized spacial score (nSPS) is 15.9. The highest BCUT2D eigenvalue weighted by atomic mass is 16.2. The van der Waals surface area contributed by atoms with Crippen LogP contribution in [0, 0.1) is 0 Å². The molecule has 0 atom stereocenters. The van der Waals surface area contributed by atoms with E-state index in [1.807, 2.05) is 0 Å². The second-order valence-electron chi connectivity index (χ2n) is 7.07. The average molecular weight is 324 g/mol. The fraction of sp³-hybridized carbons (Fsp3) is 0.895. The second kappa shape index (κ2) is 12.5.